The van der Waals surface area contributed by atoms with E-state index < -0.39 is 22.3 Å². The van der Waals surface area contributed by atoms with Crippen molar-refractivity contribution in [3.63, 3.8) is 0 Å². The Bertz CT molecular complexity index is 1310. The zero-order chi connectivity index (χ0) is 27.4. The van der Waals surface area contributed by atoms with Crippen molar-refractivity contribution in [1.29, 1.82) is 0 Å². The van der Waals surface area contributed by atoms with Gasteiger partial charge in [-0.25, -0.2) is 13.8 Å². The molecule has 1 aromatic heterocycles. The third-order valence-corrected chi connectivity index (χ3v) is 8.78. The van der Waals surface area contributed by atoms with Crippen molar-refractivity contribution in [2.75, 3.05) is 14.1 Å². The average Bonchev–Trinajstić information content (AvgIpc) is 3.26. The van der Waals surface area contributed by atoms with Crippen LogP contribution in [0.3, 0.4) is 0 Å². The number of rotatable bonds is 11. The van der Waals surface area contributed by atoms with E-state index >= 15 is 0 Å². The van der Waals surface area contributed by atoms with Crippen LogP contribution >= 0.6 is 15.9 Å². The summed E-state index contributed by atoms with van der Waals surface area (Å²) in [5.41, 5.74) is 2.17. The van der Waals surface area contributed by atoms with E-state index in [9.17, 15) is 18.3 Å². The quantitative estimate of drug-likeness (QED) is 0.307. The molecule has 200 valence electrons. The minimum atomic E-state index is -3.96. The lowest BCUT2D eigenvalue weighted by Crippen LogP contribution is -2.38. The molecule has 0 aliphatic rings. The number of carbonyl (C=O) groups is 1. The summed E-state index contributed by atoms with van der Waals surface area (Å²) < 4.78 is 30.0. The first-order valence-corrected chi connectivity index (χ1v) is 14.3. The minimum absolute atomic E-state index is 0.0853. The van der Waals surface area contributed by atoms with Crippen LogP contribution in [0.15, 0.2) is 65.3 Å². The summed E-state index contributed by atoms with van der Waals surface area (Å²) >= 11 is 3.44. The molecule has 0 bridgehead atoms. The molecule has 0 aliphatic carbocycles. The lowest BCUT2D eigenvalue weighted by atomic mass is 9.85. The first-order valence-electron chi connectivity index (χ1n) is 12.1. The maximum absolute atomic E-state index is 13.4. The molecule has 1 unspecified atom stereocenters. The summed E-state index contributed by atoms with van der Waals surface area (Å²) in [6.07, 6.45) is 2.08. The van der Waals surface area contributed by atoms with Crippen LogP contribution in [0.4, 0.5) is 4.79 Å². The highest BCUT2D eigenvalue weighted by molar-refractivity contribution is 9.10. The van der Waals surface area contributed by atoms with E-state index in [2.05, 4.69) is 36.7 Å². The molecular weight excluding hydrogens is 556 g/mol. The molecule has 1 atom stereocenters. The van der Waals surface area contributed by atoms with Gasteiger partial charge in [-0.2, -0.15) is 12.7 Å². The minimum Gasteiger partial charge on any atom is -0.465 e. The van der Waals surface area contributed by atoms with Crippen molar-refractivity contribution in [1.82, 2.24) is 18.2 Å². The Morgan fingerprint density at radius 2 is 1.70 bits per heavy atom. The third kappa shape index (κ3) is 7.21. The predicted octanol–water partition coefficient (Wildman–Crippen LogP) is 5.74. The molecule has 1 N–H and O–H groups in total. The summed E-state index contributed by atoms with van der Waals surface area (Å²) in [4.78, 5) is 18.7. The van der Waals surface area contributed by atoms with E-state index in [1.807, 2.05) is 54.6 Å². The van der Waals surface area contributed by atoms with Crippen LogP contribution < -0.4 is 0 Å². The Kier molecular flexibility index (Phi) is 9.20. The molecule has 8 nitrogen and oxygen atoms in total. The Morgan fingerprint density at radius 3 is 2.24 bits per heavy atom. The molecule has 10 heteroatoms. The first kappa shape index (κ1) is 28.9. The van der Waals surface area contributed by atoms with E-state index in [1.165, 1.54) is 19.0 Å². The Morgan fingerprint density at radius 1 is 1.08 bits per heavy atom. The monoisotopic (exact) mass is 590 g/mol. The number of amides is 1. The summed E-state index contributed by atoms with van der Waals surface area (Å²) in [5.74, 6) is 0.178. The van der Waals surface area contributed by atoms with Gasteiger partial charge in [0.05, 0.1) is 11.7 Å². The normalized spacial score (nSPS) is 13.1. The molecule has 37 heavy (non-hydrogen) atoms. The van der Waals surface area contributed by atoms with Gasteiger partial charge in [0.1, 0.15) is 5.82 Å². The molecule has 3 rings (SSSR count). The average molecular weight is 592 g/mol. The SMILES string of the molecule is CCC(C)(C)Cc1cn(S(=O)(=O)N(C)C)c(C(Cc2ccc(Br)cc2)N(Cc2ccccc2)C(=O)O)n1. The van der Waals surface area contributed by atoms with Gasteiger partial charge >= 0.3 is 16.3 Å². The zero-order valence-electron chi connectivity index (χ0n) is 21.9. The molecular formula is C27H35BrN4O4S. The highest BCUT2D eigenvalue weighted by atomic mass is 79.9. The van der Waals surface area contributed by atoms with Crippen molar-refractivity contribution in [2.45, 2.75) is 52.6 Å². The van der Waals surface area contributed by atoms with Crippen molar-refractivity contribution >= 4 is 32.2 Å². The van der Waals surface area contributed by atoms with Gasteiger partial charge in [-0.1, -0.05) is 85.6 Å². The fourth-order valence-corrected chi connectivity index (χ4v) is 5.26. The number of halogens is 1. The van der Waals surface area contributed by atoms with Crippen molar-refractivity contribution in [3.05, 3.63) is 87.9 Å². The summed E-state index contributed by atoms with van der Waals surface area (Å²) in [6, 6.07) is 16.0. The molecule has 0 radical (unpaired) electrons. The van der Waals surface area contributed by atoms with Crippen LogP contribution in [0.1, 0.15) is 55.9 Å². The second-order valence-electron chi connectivity index (χ2n) is 10.1. The lowest BCUT2D eigenvalue weighted by Gasteiger charge is -2.30. The van der Waals surface area contributed by atoms with Crippen LogP contribution in [0.2, 0.25) is 0 Å². The highest BCUT2D eigenvalue weighted by Gasteiger charge is 2.34. The van der Waals surface area contributed by atoms with Crippen LogP contribution in [0.5, 0.6) is 0 Å². The van der Waals surface area contributed by atoms with Crippen LogP contribution in [0, 0.1) is 5.41 Å². The van der Waals surface area contributed by atoms with Crippen LogP contribution in [-0.2, 0) is 29.6 Å². The lowest BCUT2D eigenvalue weighted by molar-refractivity contribution is 0.117. The van der Waals surface area contributed by atoms with E-state index in [4.69, 9.17) is 4.98 Å². The molecule has 0 aliphatic heterocycles. The van der Waals surface area contributed by atoms with E-state index in [0.717, 1.165) is 30.3 Å². The van der Waals surface area contributed by atoms with Gasteiger partial charge < -0.3 is 5.11 Å². The molecule has 1 heterocycles. The molecule has 0 spiro atoms. The number of nitrogens with zero attached hydrogens (tertiary/aromatic N) is 4. The fraction of sp³-hybridized carbons (Fsp3) is 0.407. The molecule has 3 aromatic rings. The topological polar surface area (TPSA) is 95.7 Å². The van der Waals surface area contributed by atoms with Crippen molar-refractivity contribution < 1.29 is 18.3 Å². The summed E-state index contributed by atoms with van der Waals surface area (Å²) in [6.45, 7) is 6.37. The van der Waals surface area contributed by atoms with Gasteiger partial charge in [-0.15, -0.1) is 0 Å². The van der Waals surface area contributed by atoms with E-state index in [0.29, 0.717) is 12.1 Å². The number of benzene rings is 2. The van der Waals surface area contributed by atoms with Gasteiger partial charge in [0.25, 0.3) is 0 Å². The second-order valence-corrected chi connectivity index (χ2v) is 13.0. The van der Waals surface area contributed by atoms with Gasteiger partial charge in [0.2, 0.25) is 0 Å². The third-order valence-electron chi connectivity index (χ3n) is 6.54. The number of hydrogen-bond acceptors (Lipinski definition) is 4. The molecule has 2 aromatic carbocycles. The first-order chi connectivity index (χ1) is 17.3. The Labute approximate surface area is 228 Å². The smallest absolute Gasteiger partial charge is 0.408 e. The Balaban J connectivity index is 2.21. The van der Waals surface area contributed by atoms with Crippen molar-refractivity contribution in [2.24, 2.45) is 5.41 Å². The molecule has 0 fully saturated rings. The molecule has 0 saturated heterocycles. The number of aromatic nitrogens is 2. The fourth-order valence-electron chi connectivity index (χ4n) is 3.99. The largest absolute Gasteiger partial charge is 0.465 e. The van der Waals surface area contributed by atoms with E-state index in [-0.39, 0.29) is 24.2 Å². The predicted molar refractivity (Wildman–Crippen MR) is 149 cm³/mol. The number of carboxylic acid groups (broad SMARTS) is 1. The summed E-state index contributed by atoms with van der Waals surface area (Å²) in [5, 5.41) is 10.3. The zero-order valence-corrected chi connectivity index (χ0v) is 24.3. The standard InChI is InChI=1S/C27H35BrN4O4S/c1-6-27(2,3)17-23-19-32(37(35,36)30(4)5)25(29-23)24(16-20-12-14-22(28)15-13-20)31(26(33)34)18-21-10-8-7-9-11-21/h7-15,19,24H,6,16-18H2,1-5H3,(H,33,34). The second kappa shape index (κ2) is 11.8. The van der Waals surface area contributed by atoms with Crippen molar-refractivity contribution in [3.8, 4) is 0 Å². The van der Waals surface area contributed by atoms with Crippen LogP contribution in [-0.4, -0.2) is 51.9 Å². The maximum Gasteiger partial charge on any atom is 0.408 e. The summed E-state index contributed by atoms with van der Waals surface area (Å²) in [7, 11) is -1.05. The Hall–Kier alpha value is -2.69. The molecule has 1 amide bonds. The van der Waals surface area contributed by atoms with Gasteiger partial charge in [-0.3, -0.25) is 4.90 Å². The number of imidazole rings is 1. The van der Waals surface area contributed by atoms with Gasteiger partial charge in [0, 0.05) is 37.7 Å². The number of hydrogen-bond donors (Lipinski definition) is 1. The molecule has 0 saturated carbocycles. The van der Waals surface area contributed by atoms with Gasteiger partial charge in [0.15, 0.2) is 0 Å². The van der Waals surface area contributed by atoms with Crippen LogP contribution in [0.25, 0.3) is 0 Å². The highest BCUT2D eigenvalue weighted by Crippen LogP contribution is 2.31. The van der Waals surface area contributed by atoms with Gasteiger partial charge in [-0.05, 0) is 35.1 Å². The van der Waals surface area contributed by atoms with E-state index in [1.54, 1.807) is 6.20 Å². The maximum atomic E-state index is 13.4.